The summed E-state index contributed by atoms with van der Waals surface area (Å²) in [5, 5.41) is 0. The van der Waals surface area contributed by atoms with E-state index in [1.807, 2.05) is 23.1 Å². The van der Waals surface area contributed by atoms with Gasteiger partial charge in [0.2, 0.25) is 0 Å². The number of fused-ring (bicyclic) bond motifs is 1. The number of likely N-dealkylation sites (tertiary alicyclic amines) is 2. The number of aryl methyl sites for hydroxylation is 1. The summed E-state index contributed by atoms with van der Waals surface area (Å²) in [6.45, 7) is 3.46. The third kappa shape index (κ3) is 3.69. The fourth-order valence-corrected chi connectivity index (χ4v) is 4.84. The summed E-state index contributed by atoms with van der Waals surface area (Å²) < 4.78 is 4.86. The lowest BCUT2D eigenvalue weighted by Crippen LogP contribution is -2.38. The van der Waals surface area contributed by atoms with E-state index in [9.17, 15) is 9.59 Å². The van der Waals surface area contributed by atoms with Gasteiger partial charge in [0.1, 0.15) is 5.69 Å². The van der Waals surface area contributed by atoms with Crippen molar-refractivity contribution in [2.75, 3.05) is 39.8 Å². The van der Waals surface area contributed by atoms with E-state index in [2.05, 4.69) is 34.1 Å². The highest BCUT2D eigenvalue weighted by Crippen LogP contribution is 2.46. The van der Waals surface area contributed by atoms with Gasteiger partial charge in [-0.2, -0.15) is 0 Å². The summed E-state index contributed by atoms with van der Waals surface area (Å²) in [5.74, 6) is 0.246. The number of H-pyrrole nitrogens is 1. The molecule has 4 rings (SSSR count). The number of nitrogens with one attached hydrogen (secondary N) is 1. The average Bonchev–Trinajstić information content (AvgIpc) is 3.41. The second-order valence-electron chi connectivity index (χ2n) is 8.06. The molecule has 0 aliphatic carbocycles. The van der Waals surface area contributed by atoms with Crippen LogP contribution in [0.15, 0.2) is 48.7 Å². The van der Waals surface area contributed by atoms with E-state index in [0.29, 0.717) is 18.2 Å². The minimum absolute atomic E-state index is 0.0200. The van der Waals surface area contributed by atoms with E-state index < -0.39 is 0 Å². The van der Waals surface area contributed by atoms with Gasteiger partial charge in [-0.3, -0.25) is 14.5 Å². The molecular weight excluding hydrogens is 354 g/mol. The molecule has 1 aromatic carbocycles. The lowest BCUT2D eigenvalue weighted by atomic mass is 9.76. The molecule has 6 heteroatoms. The van der Waals surface area contributed by atoms with E-state index in [0.717, 1.165) is 39.0 Å². The summed E-state index contributed by atoms with van der Waals surface area (Å²) >= 11 is 0. The van der Waals surface area contributed by atoms with E-state index in [4.69, 9.17) is 4.74 Å². The highest BCUT2D eigenvalue weighted by Gasteiger charge is 2.53. The quantitative estimate of drug-likeness (QED) is 0.779. The summed E-state index contributed by atoms with van der Waals surface area (Å²) in [6.07, 6.45) is 3.77. The zero-order valence-corrected chi connectivity index (χ0v) is 16.3. The lowest BCUT2D eigenvalue weighted by molar-refractivity contribution is -0.141. The van der Waals surface area contributed by atoms with Crippen LogP contribution in [0.5, 0.6) is 0 Å². The number of aromatic nitrogens is 1. The third-order valence-corrected chi connectivity index (χ3v) is 6.28. The topological polar surface area (TPSA) is 65.6 Å². The highest BCUT2D eigenvalue weighted by molar-refractivity contribution is 5.92. The number of hydrogen-bond acceptors (Lipinski definition) is 4. The van der Waals surface area contributed by atoms with Crippen LogP contribution in [-0.4, -0.2) is 66.5 Å². The smallest absolute Gasteiger partial charge is 0.319 e. The number of ether oxygens (including phenoxy) is 1. The van der Waals surface area contributed by atoms with Crippen LogP contribution in [0.4, 0.5) is 0 Å². The first kappa shape index (κ1) is 18.7. The average molecular weight is 381 g/mol. The number of esters is 1. The molecule has 2 aromatic rings. The SMILES string of the molecule is COC(=O)CN1C[C@H]2CN(C(=O)c3ccc[nH]3)C[C@@]2(CCc2ccccc2)C1. The number of hydrogen-bond donors (Lipinski definition) is 1. The fraction of sp³-hybridized carbons (Fsp3) is 0.455. The van der Waals surface area contributed by atoms with Crippen LogP contribution in [0.2, 0.25) is 0 Å². The molecule has 0 radical (unpaired) electrons. The molecule has 0 unspecified atom stereocenters. The van der Waals surface area contributed by atoms with Gasteiger partial charge in [-0.15, -0.1) is 0 Å². The number of carbonyl (C=O) groups is 2. The molecule has 3 heterocycles. The van der Waals surface area contributed by atoms with E-state index in [-0.39, 0.29) is 17.3 Å². The van der Waals surface area contributed by atoms with Crippen LogP contribution >= 0.6 is 0 Å². The Labute approximate surface area is 165 Å². The molecule has 1 N–H and O–H groups in total. The van der Waals surface area contributed by atoms with Gasteiger partial charge >= 0.3 is 5.97 Å². The molecular formula is C22H27N3O3. The Morgan fingerprint density at radius 3 is 2.68 bits per heavy atom. The summed E-state index contributed by atoms with van der Waals surface area (Å²) in [4.78, 5) is 31.8. The number of nitrogens with zero attached hydrogens (tertiary/aromatic N) is 2. The molecule has 2 atom stereocenters. The van der Waals surface area contributed by atoms with Gasteiger partial charge < -0.3 is 14.6 Å². The standard InChI is InChI=1S/C22H27N3O3/c1-28-20(26)14-24-12-18-13-25(21(27)19-8-5-11-23-19)16-22(18,15-24)10-9-17-6-3-2-4-7-17/h2-8,11,18,23H,9-10,12-16H2,1H3/t18-,22+/m0/s1. The van der Waals surface area contributed by atoms with Crippen molar-refractivity contribution in [2.24, 2.45) is 11.3 Å². The molecule has 2 fully saturated rings. The van der Waals surface area contributed by atoms with Crippen molar-refractivity contribution in [1.82, 2.24) is 14.8 Å². The Kier molecular flexibility index (Phi) is 5.22. The summed E-state index contributed by atoms with van der Waals surface area (Å²) in [7, 11) is 1.43. The van der Waals surface area contributed by atoms with Gasteiger partial charge in [0.15, 0.2) is 0 Å². The molecule has 0 bridgehead atoms. The minimum atomic E-state index is -0.197. The first-order valence-corrected chi connectivity index (χ1v) is 9.85. The molecule has 0 saturated carbocycles. The second-order valence-corrected chi connectivity index (χ2v) is 8.06. The molecule has 0 spiro atoms. The maximum absolute atomic E-state index is 12.9. The maximum Gasteiger partial charge on any atom is 0.319 e. The van der Waals surface area contributed by atoms with Crippen molar-refractivity contribution in [2.45, 2.75) is 12.8 Å². The molecule has 2 saturated heterocycles. The first-order valence-electron chi connectivity index (χ1n) is 9.85. The van der Waals surface area contributed by atoms with Gasteiger partial charge in [0.05, 0.1) is 13.7 Å². The van der Waals surface area contributed by atoms with Gasteiger partial charge in [-0.1, -0.05) is 30.3 Å². The molecule has 1 amide bonds. The minimum Gasteiger partial charge on any atom is -0.468 e. The Balaban J connectivity index is 1.50. The van der Waals surface area contributed by atoms with Crippen molar-refractivity contribution >= 4 is 11.9 Å². The number of benzene rings is 1. The van der Waals surface area contributed by atoms with Gasteiger partial charge in [-0.05, 0) is 36.5 Å². The van der Waals surface area contributed by atoms with Crippen LogP contribution in [0.25, 0.3) is 0 Å². The lowest BCUT2D eigenvalue weighted by Gasteiger charge is -2.29. The summed E-state index contributed by atoms with van der Waals surface area (Å²) in [6, 6.07) is 14.2. The number of aromatic amines is 1. The fourth-order valence-electron chi connectivity index (χ4n) is 4.84. The molecule has 148 valence electrons. The summed E-state index contributed by atoms with van der Waals surface area (Å²) in [5.41, 5.74) is 1.98. The first-order chi connectivity index (χ1) is 13.6. The Morgan fingerprint density at radius 2 is 1.96 bits per heavy atom. The molecule has 28 heavy (non-hydrogen) atoms. The van der Waals surface area contributed by atoms with Gasteiger partial charge in [-0.25, -0.2) is 0 Å². The van der Waals surface area contributed by atoms with Crippen LogP contribution in [0.3, 0.4) is 0 Å². The predicted octanol–water partition coefficient (Wildman–Crippen LogP) is 2.19. The van der Waals surface area contributed by atoms with Crippen LogP contribution in [-0.2, 0) is 16.0 Å². The monoisotopic (exact) mass is 381 g/mol. The van der Waals surface area contributed by atoms with Gasteiger partial charge in [0, 0.05) is 37.8 Å². The molecule has 2 aliphatic heterocycles. The van der Waals surface area contributed by atoms with Crippen molar-refractivity contribution in [3.05, 3.63) is 59.9 Å². The van der Waals surface area contributed by atoms with E-state index >= 15 is 0 Å². The van der Waals surface area contributed by atoms with Crippen molar-refractivity contribution in [3.8, 4) is 0 Å². The zero-order chi connectivity index (χ0) is 19.6. The normalized spacial score (nSPS) is 24.3. The van der Waals surface area contributed by atoms with E-state index in [1.54, 1.807) is 6.20 Å². The molecule has 2 aliphatic rings. The van der Waals surface area contributed by atoms with Crippen LogP contribution < -0.4 is 0 Å². The number of amides is 1. The van der Waals surface area contributed by atoms with E-state index in [1.165, 1.54) is 12.7 Å². The Morgan fingerprint density at radius 1 is 1.14 bits per heavy atom. The highest BCUT2D eigenvalue weighted by atomic mass is 16.5. The largest absolute Gasteiger partial charge is 0.468 e. The van der Waals surface area contributed by atoms with Crippen molar-refractivity contribution in [3.63, 3.8) is 0 Å². The maximum atomic E-state index is 12.9. The number of rotatable bonds is 6. The number of methoxy groups -OCH3 is 1. The number of carbonyl (C=O) groups excluding carboxylic acids is 2. The van der Waals surface area contributed by atoms with Crippen molar-refractivity contribution < 1.29 is 14.3 Å². The molecule has 6 nitrogen and oxygen atoms in total. The van der Waals surface area contributed by atoms with Crippen LogP contribution in [0.1, 0.15) is 22.5 Å². The zero-order valence-electron chi connectivity index (χ0n) is 16.3. The van der Waals surface area contributed by atoms with Crippen molar-refractivity contribution in [1.29, 1.82) is 0 Å². The van der Waals surface area contributed by atoms with Gasteiger partial charge in [0.25, 0.3) is 5.91 Å². The second kappa shape index (κ2) is 7.80. The Bertz CT molecular complexity index is 821. The third-order valence-electron chi connectivity index (χ3n) is 6.28. The molecule has 1 aromatic heterocycles. The van der Waals surface area contributed by atoms with Crippen LogP contribution in [0, 0.1) is 11.3 Å². The Hall–Kier alpha value is -2.60. The predicted molar refractivity (Wildman–Crippen MR) is 106 cm³/mol.